The Morgan fingerprint density at radius 1 is 1.33 bits per heavy atom. The molecular weight excluding hydrogens is 311 g/mol. The number of carboxylic acid groups (broad SMARTS) is 1. The molecule has 0 bridgehead atoms. The molecule has 0 aromatic rings. The highest BCUT2D eigenvalue weighted by Gasteiger charge is 2.64. The number of alkyl halides is 3. The van der Waals surface area contributed by atoms with Crippen molar-refractivity contribution in [1.82, 2.24) is 4.90 Å². The molecule has 1 aliphatic carbocycles. The molecule has 1 heterocycles. The quantitative estimate of drug-likeness (QED) is 0.844. The lowest BCUT2D eigenvalue weighted by atomic mass is 9.86. The van der Waals surface area contributed by atoms with Gasteiger partial charge in [-0.1, -0.05) is 6.42 Å². The Labute approximate surface area is 121 Å². The second-order valence-corrected chi connectivity index (χ2v) is 8.24. The molecule has 122 valence electrons. The Kier molecular flexibility index (Phi) is 4.03. The van der Waals surface area contributed by atoms with Crippen molar-refractivity contribution < 1.29 is 31.5 Å². The summed E-state index contributed by atoms with van der Waals surface area (Å²) in [5.74, 6) is -1.88. The lowest BCUT2D eigenvalue weighted by Gasteiger charge is -2.31. The van der Waals surface area contributed by atoms with Crippen molar-refractivity contribution in [2.75, 3.05) is 19.3 Å². The molecule has 0 radical (unpaired) electrons. The zero-order valence-electron chi connectivity index (χ0n) is 11.6. The van der Waals surface area contributed by atoms with Crippen LogP contribution in [0.5, 0.6) is 0 Å². The van der Waals surface area contributed by atoms with Crippen molar-refractivity contribution in [3.05, 3.63) is 0 Å². The lowest BCUT2D eigenvalue weighted by molar-refractivity contribution is -0.227. The van der Waals surface area contributed by atoms with E-state index in [-0.39, 0.29) is 6.54 Å². The minimum Gasteiger partial charge on any atom is -0.481 e. The molecule has 9 heteroatoms. The van der Waals surface area contributed by atoms with Gasteiger partial charge < -0.3 is 5.11 Å². The standard InChI is InChI=1S/C12H18F3NO4S/c1-21(19,20)9-4-2-3-8(9)16-6-5-11(7-16,10(17)18)12(13,14)15/h8-9H,2-7H2,1H3,(H,17,18). The van der Waals surface area contributed by atoms with Gasteiger partial charge in [-0.25, -0.2) is 8.42 Å². The molecule has 2 rings (SSSR count). The number of hydrogen-bond donors (Lipinski definition) is 1. The maximum absolute atomic E-state index is 13.1. The van der Waals surface area contributed by atoms with Gasteiger partial charge in [0.25, 0.3) is 0 Å². The maximum Gasteiger partial charge on any atom is 0.406 e. The number of sulfone groups is 1. The molecule has 3 atom stereocenters. The maximum atomic E-state index is 13.1. The van der Waals surface area contributed by atoms with E-state index in [1.807, 2.05) is 0 Å². The fourth-order valence-electron chi connectivity index (χ4n) is 3.47. The Hall–Kier alpha value is -0.830. The third kappa shape index (κ3) is 2.77. The Morgan fingerprint density at radius 3 is 2.38 bits per heavy atom. The Balaban J connectivity index is 2.24. The number of halogens is 3. The topological polar surface area (TPSA) is 74.7 Å². The van der Waals surface area contributed by atoms with Crippen LogP contribution < -0.4 is 0 Å². The minimum atomic E-state index is -4.84. The van der Waals surface area contributed by atoms with Gasteiger partial charge in [0, 0.05) is 25.4 Å². The summed E-state index contributed by atoms with van der Waals surface area (Å²) in [4.78, 5) is 12.5. The number of carbonyl (C=O) groups is 1. The number of carboxylic acids is 1. The predicted molar refractivity (Wildman–Crippen MR) is 68.6 cm³/mol. The van der Waals surface area contributed by atoms with Crippen LogP contribution in [-0.4, -0.2) is 61.2 Å². The number of hydrogen-bond acceptors (Lipinski definition) is 4. The summed E-state index contributed by atoms with van der Waals surface area (Å²) in [7, 11) is -3.35. The van der Waals surface area contributed by atoms with Gasteiger partial charge in [0.15, 0.2) is 15.3 Å². The summed E-state index contributed by atoms with van der Waals surface area (Å²) in [6.07, 6.45) is -2.74. The van der Waals surface area contributed by atoms with Gasteiger partial charge in [-0.15, -0.1) is 0 Å². The van der Waals surface area contributed by atoms with Crippen LogP contribution in [0.2, 0.25) is 0 Å². The molecule has 3 unspecified atom stereocenters. The van der Waals surface area contributed by atoms with Crippen molar-refractivity contribution in [2.45, 2.75) is 43.2 Å². The molecule has 1 saturated heterocycles. The van der Waals surface area contributed by atoms with Crippen LogP contribution in [0.15, 0.2) is 0 Å². The molecule has 0 aromatic heterocycles. The van der Waals surface area contributed by atoms with Crippen LogP contribution in [0.1, 0.15) is 25.7 Å². The summed E-state index contributed by atoms with van der Waals surface area (Å²) in [5, 5.41) is 8.32. The van der Waals surface area contributed by atoms with Crippen molar-refractivity contribution in [3.8, 4) is 0 Å². The van der Waals surface area contributed by atoms with Crippen molar-refractivity contribution in [2.24, 2.45) is 5.41 Å². The zero-order chi connectivity index (χ0) is 16.1. The van der Waals surface area contributed by atoms with E-state index in [1.165, 1.54) is 4.90 Å². The Morgan fingerprint density at radius 2 is 1.95 bits per heavy atom. The van der Waals surface area contributed by atoms with Crippen LogP contribution >= 0.6 is 0 Å². The average Bonchev–Trinajstić information content (AvgIpc) is 2.94. The highest BCUT2D eigenvalue weighted by atomic mass is 32.2. The van der Waals surface area contributed by atoms with E-state index in [1.54, 1.807) is 0 Å². The van der Waals surface area contributed by atoms with Crippen molar-refractivity contribution in [1.29, 1.82) is 0 Å². The van der Waals surface area contributed by atoms with Gasteiger partial charge in [0.2, 0.25) is 0 Å². The number of likely N-dealkylation sites (tertiary alicyclic amines) is 1. The summed E-state index contributed by atoms with van der Waals surface area (Å²) < 4.78 is 62.9. The van der Waals surface area contributed by atoms with Gasteiger partial charge in [-0.3, -0.25) is 9.69 Å². The predicted octanol–water partition coefficient (Wildman–Crippen LogP) is 1.29. The average molecular weight is 329 g/mol. The molecule has 2 aliphatic rings. The molecule has 5 nitrogen and oxygen atoms in total. The first kappa shape index (κ1) is 16.5. The third-order valence-corrected chi connectivity index (χ3v) is 6.34. The van der Waals surface area contributed by atoms with E-state index in [4.69, 9.17) is 5.11 Å². The molecule has 1 aliphatic heterocycles. The van der Waals surface area contributed by atoms with Crippen molar-refractivity contribution in [3.63, 3.8) is 0 Å². The van der Waals surface area contributed by atoms with Gasteiger partial charge in [0.1, 0.15) is 0 Å². The SMILES string of the molecule is CS(=O)(=O)C1CCCC1N1CCC(C(=O)O)(C(F)(F)F)C1. The van der Waals surface area contributed by atoms with Gasteiger partial charge in [-0.05, 0) is 19.3 Å². The van der Waals surface area contributed by atoms with Crippen LogP contribution in [0, 0.1) is 5.41 Å². The van der Waals surface area contributed by atoms with Crippen molar-refractivity contribution >= 4 is 15.8 Å². The van der Waals surface area contributed by atoms with E-state index in [0.29, 0.717) is 19.3 Å². The van der Waals surface area contributed by atoms with Gasteiger partial charge in [-0.2, -0.15) is 13.2 Å². The molecule has 0 spiro atoms. The van der Waals surface area contributed by atoms with Crippen LogP contribution in [-0.2, 0) is 14.6 Å². The van der Waals surface area contributed by atoms with Gasteiger partial charge in [0.05, 0.1) is 5.25 Å². The summed E-state index contributed by atoms with van der Waals surface area (Å²) >= 11 is 0. The smallest absolute Gasteiger partial charge is 0.406 e. The fraction of sp³-hybridized carbons (Fsp3) is 0.917. The summed E-state index contributed by atoms with van der Waals surface area (Å²) in [5.41, 5.74) is -2.78. The minimum absolute atomic E-state index is 0.0392. The molecule has 1 saturated carbocycles. The number of rotatable bonds is 3. The van der Waals surface area contributed by atoms with Crippen LogP contribution in [0.25, 0.3) is 0 Å². The van der Waals surface area contributed by atoms with E-state index < -0.39 is 51.7 Å². The van der Waals surface area contributed by atoms with Gasteiger partial charge >= 0.3 is 12.1 Å². The zero-order valence-corrected chi connectivity index (χ0v) is 12.4. The monoisotopic (exact) mass is 329 g/mol. The second-order valence-electron chi connectivity index (χ2n) is 5.97. The van der Waals surface area contributed by atoms with E-state index in [0.717, 1.165) is 6.26 Å². The first-order valence-corrected chi connectivity index (χ1v) is 8.67. The third-order valence-electron chi connectivity index (χ3n) is 4.69. The Bertz CT molecular complexity index is 533. The summed E-state index contributed by atoms with van der Waals surface area (Å²) in [6, 6.07) is -0.511. The van der Waals surface area contributed by atoms with Crippen LogP contribution in [0.4, 0.5) is 13.2 Å². The molecular formula is C12H18F3NO4S. The largest absolute Gasteiger partial charge is 0.481 e. The number of aliphatic carboxylic acids is 1. The lowest BCUT2D eigenvalue weighted by Crippen LogP contribution is -2.49. The van der Waals surface area contributed by atoms with E-state index in [9.17, 15) is 26.4 Å². The molecule has 21 heavy (non-hydrogen) atoms. The first-order chi connectivity index (χ1) is 9.49. The highest BCUT2D eigenvalue weighted by molar-refractivity contribution is 7.91. The normalized spacial score (nSPS) is 35.2. The fourth-order valence-corrected chi connectivity index (χ4v) is 4.95. The van der Waals surface area contributed by atoms with E-state index >= 15 is 0 Å². The molecule has 0 amide bonds. The van der Waals surface area contributed by atoms with E-state index in [2.05, 4.69) is 0 Å². The number of nitrogens with zero attached hydrogens (tertiary/aromatic N) is 1. The highest BCUT2D eigenvalue weighted by Crippen LogP contribution is 2.47. The second kappa shape index (κ2) is 5.12. The first-order valence-electron chi connectivity index (χ1n) is 6.72. The molecule has 1 N–H and O–H groups in total. The molecule has 0 aromatic carbocycles. The van der Waals surface area contributed by atoms with Crippen LogP contribution in [0.3, 0.4) is 0 Å². The molecule has 2 fully saturated rings. The summed E-state index contributed by atoms with van der Waals surface area (Å²) in [6.45, 7) is -0.703.